The maximum atomic E-state index is 14.4. The smallest absolute Gasteiger partial charge is 0.268 e. The van der Waals surface area contributed by atoms with Crippen LogP contribution < -0.4 is 16.2 Å². The molecule has 0 unspecified atom stereocenters. The third-order valence-corrected chi connectivity index (χ3v) is 5.67. The summed E-state index contributed by atoms with van der Waals surface area (Å²) in [6.45, 7) is 3.36. The summed E-state index contributed by atoms with van der Waals surface area (Å²) in [5.74, 6) is 1.36. The maximum absolute atomic E-state index is 14.4. The summed E-state index contributed by atoms with van der Waals surface area (Å²) in [4.78, 5) is 26.6. The molecule has 2 heterocycles. The van der Waals surface area contributed by atoms with E-state index in [1.165, 1.54) is 10.6 Å². The highest BCUT2D eigenvalue weighted by Crippen LogP contribution is 2.18. The van der Waals surface area contributed by atoms with Crippen LogP contribution in [-0.2, 0) is 6.42 Å². The van der Waals surface area contributed by atoms with Gasteiger partial charge >= 0.3 is 0 Å². The SMILES string of the molecule is CCNc1ncc(I)c(NCCCc2nc3cccc(F)c3c(=O)n2-c2ccccc2)n1. The van der Waals surface area contributed by atoms with Crippen LogP contribution in [0.3, 0.4) is 0 Å². The van der Waals surface area contributed by atoms with Gasteiger partial charge in [0.2, 0.25) is 5.95 Å². The Hall–Kier alpha value is -3.08. The monoisotopic (exact) mass is 544 g/mol. The minimum absolute atomic E-state index is 0.00437. The minimum Gasteiger partial charge on any atom is -0.369 e. The zero-order valence-corrected chi connectivity index (χ0v) is 19.6. The molecule has 2 aromatic heterocycles. The van der Waals surface area contributed by atoms with Gasteiger partial charge in [0.15, 0.2) is 0 Å². The number of fused-ring (bicyclic) bond motifs is 1. The van der Waals surface area contributed by atoms with Crippen LogP contribution in [0.2, 0.25) is 0 Å². The largest absolute Gasteiger partial charge is 0.369 e. The molecule has 0 bridgehead atoms. The molecule has 164 valence electrons. The number of rotatable bonds is 8. The number of aryl methyl sites for hydroxylation is 1. The van der Waals surface area contributed by atoms with Crippen molar-refractivity contribution in [2.45, 2.75) is 19.8 Å². The Labute approximate surface area is 198 Å². The predicted molar refractivity (Wildman–Crippen MR) is 133 cm³/mol. The van der Waals surface area contributed by atoms with Crippen molar-refractivity contribution in [3.63, 3.8) is 0 Å². The van der Waals surface area contributed by atoms with E-state index in [0.717, 1.165) is 15.9 Å². The van der Waals surface area contributed by atoms with Gasteiger partial charge in [0, 0.05) is 25.7 Å². The first-order valence-corrected chi connectivity index (χ1v) is 11.4. The summed E-state index contributed by atoms with van der Waals surface area (Å²) in [6.07, 6.45) is 3.00. The quantitative estimate of drug-likeness (QED) is 0.253. The van der Waals surface area contributed by atoms with E-state index in [2.05, 4.69) is 48.2 Å². The number of anilines is 2. The number of halogens is 2. The summed E-state index contributed by atoms with van der Waals surface area (Å²) in [5.41, 5.74) is 0.632. The van der Waals surface area contributed by atoms with Gasteiger partial charge in [-0.2, -0.15) is 4.98 Å². The van der Waals surface area contributed by atoms with Crippen molar-refractivity contribution in [1.29, 1.82) is 0 Å². The van der Waals surface area contributed by atoms with E-state index in [0.29, 0.717) is 42.4 Å². The van der Waals surface area contributed by atoms with Gasteiger partial charge in [-0.05, 0) is 60.2 Å². The Morgan fingerprint density at radius 2 is 1.88 bits per heavy atom. The average molecular weight is 544 g/mol. The number of nitrogens with zero attached hydrogens (tertiary/aromatic N) is 4. The zero-order valence-electron chi connectivity index (χ0n) is 17.5. The molecule has 0 fully saturated rings. The molecule has 0 radical (unpaired) electrons. The lowest BCUT2D eigenvalue weighted by atomic mass is 10.2. The molecular weight excluding hydrogens is 522 g/mol. The summed E-state index contributed by atoms with van der Waals surface area (Å²) in [6, 6.07) is 13.7. The third kappa shape index (κ3) is 4.72. The van der Waals surface area contributed by atoms with E-state index in [1.54, 1.807) is 18.3 Å². The van der Waals surface area contributed by atoms with Crippen molar-refractivity contribution in [3.05, 3.63) is 80.3 Å². The highest BCUT2D eigenvalue weighted by Gasteiger charge is 2.15. The van der Waals surface area contributed by atoms with E-state index in [1.807, 2.05) is 37.3 Å². The molecule has 4 aromatic rings. The second-order valence-electron chi connectivity index (χ2n) is 7.09. The van der Waals surface area contributed by atoms with Crippen molar-refractivity contribution in [1.82, 2.24) is 19.5 Å². The topological polar surface area (TPSA) is 84.7 Å². The van der Waals surface area contributed by atoms with E-state index in [4.69, 9.17) is 0 Å². The molecule has 0 spiro atoms. The molecule has 0 atom stereocenters. The molecule has 2 aromatic carbocycles. The third-order valence-electron chi connectivity index (χ3n) is 4.88. The fourth-order valence-corrected chi connectivity index (χ4v) is 3.88. The Morgan fingerprint density at radius 3 is 2.66 bits per heavy atom. The van der Waals surface area contributed by atoms with Crippen LogP contribution >= 0.6 is 22.6 Å². The average Bonchev–Trinajstić information content (AvgIpc) is 2.79. The van der Waals surface area contributed by atoms with E-state index < -0.39 is 11.4 Å². The predicted octanol–water partition coefficient (Wildman–Crippen LogP) is 4.40. The second kappa shape index (κ2) is 10.0. The first-order chi connectivity index (χ1) is 15.6. The van der Waals surface area contributed by atoms with Crippen molar-refractivity contribution < 1.29 is 4.39 Å². The number of hydrogen-bond acceptors (Lipinski definition) is 6. The molecule has 0 aliphatic rings. The van der Waals surface area contributed by atoms with Crippen LogP contribution in [0.4, 0.5) is 16.2 Å². The molecule has 0 saturated heterocycles. The molecule has 32 heavy (non-hydrogen) atoms. The molecule has 7 nitrogen and oxygen atoms in total. The van der Waals surface area contributed by atoms with Gasteiger partial charge in [0.25, 0.3) is 5.56 Å². The van der Waals surface area contributed by atoms with Crippen LogP contribution in [0.25, 0.3) is 16.6 Å². The molecule has 0 saturated carbocycles. The first kappa shape index (κ1) is 22.1. The fourth-order valence-electron chi connectivity index (χ4n) is 3.43. The van der Waals surface area contributed by atoms with Crippen LogP contribution in [0.5, 0.6) is 0 Å². The Kier molecular flexibility index (Phi) is 6.93. The van der Waals surface area contributed by atoms with Crippen molar-refractivity contribution in [2.24, 2.45) is 0 Å². The van der Waals surface area contributed by atoms with E-state index in [-0.39, 0.29) is 5.39 Å². The number of para-hydroxylation sites is 1. The number of nitrogens with one attached hydrogen (secondary N) is 2. The lowest BCUT2D eigenvalue weighted by molar-refractivity contribution is 0.636. The zero-order chi connectivity index (χ0) is 22.5. The summed E-state index contributed by atoms with van der Waals surface area (Å²) in [5, 5.41) is 6.43. The molecule has 9 heteroatoms. The van der Waals surface area contributed by atoms with Gasteiger partial charge in [-0.25, -0.2) is 14.4 Å². The summed E-state index contributed by atoms with van der Waals surface area (Å²) in [7, 11) is 0. The number of benzene rings is 2. The van der Waals surface area contributed by atoms with Crippen LogP contribution in [0.15, 0.2) is 59.5 Å². The lowest BCUT2D eigenvalue weighted by Crippen LogP contribution is -2.25. The molecular formula is C23H22FIN6O. The van der Waals surface area contributed by atoms with Gasteiger partial charge in [-0.1, -0.05) is 24.3 Å². The van der Waals surface area contributed by atoms with E-state index in [9.17, 15) is 9.18 Å². The second-order valence-corrected chi connectivity index (χ2v) is 8.25. The van der Waals surface area contributed by atoms with Gasteiger partial charge in [-0.15, -0.1) is 0 Å². The fraction of sp³-hybridized carbons (Fsp3) is 0.217. The molecule has 2 N–H and O–H groups in total. The lowest BCUT2D eigenvalue weighted by Gasteiger charge is -2.14. The summed E-state index contributed by atoms with van der Waals surface area (Å²) >= 11 is 2.19. The normalized spacial score (nSPS) is 11.0. The Balaban J connectivity index is 1.59. The number of aromatic nitrogens is 4. The Bertz CT molecular complexity index is 1300. The van der Waals surface area contributed by atoms with Crippen molar-refractivity contribution >= 4 is 45.3 Å². The van der Waals surface area contributed by atoms with Crippen LogP contribution in [-0.4, -0.2) is 32.6 Å². The highest BCUT2D eigenvalue weighted by atomic mass is 127. The Morgan fingerprint density at radius 1 is 1.06 bits per heavy atom. The highest BCUT2D eigenvalue weighted by molar-refractivity contribution is 14.1. The van der Waals surface area contributed by atoms with Crippen molar-refractivity contribution in [3.8, 4) is 5.69 Å². The number of hydrogen-bond donors (Lipinski definition) is 2. The summed E-state index contributed by atoms with van der Waals surface area (Å²) < 4.78 is 16.8. The van der Waals surface area contributed by atoms with Gasteiger partial charge < -0.3 is 10.6 Å². The van der Waals surface area contributed by atoms with E-state index >= 15 is 0 Å². The van der Waals surface area contributed by atoms with Crippen LogP contribution in [0.1, 0.15) is 19.2 Å². The van der Waals surface area contributed by atoms with Crippen LogP contribution in [0, 0.1) is 9.39 Å². The van der Waals surface area contributed by atoms with Crippen molar-refractivity contribution in [2.75, 3.05) is 23.7 Å². The van der Waals surface area contributed by atoms with Gasteiger partial charge in [0.05, 0.1) is 14.8 Å². The molecule has 0 aliphatic carbocycles. The van der Waals surface area contributed by atoms with Gasteiger partial charge in [-0.3, -0.25) is 9.36 Å². The van der Waals surface area contributed by atoms with Gasteiger partial charge in [0.1, 0.15) is 22.8 Å². The minimum atomic E-state index is -0.562. The molecule has 4 rings (SSSR count). The standard InChI is InChI=1S/C23H22FIN6O/c1-2-26-23-28-14-17(25)21(30-23)27-13-7-12-19-29-18-11-6-10-16(24)20(18)22(32)31(19)15-8-4-3-5-9-15/h3-6,8-11,14H,2,7,12-13H2,1H3,(H2,26,27,28,30). The molecule has 0 amide bonds. The first-order valence-electron chi connectivity index (χ1n) is 10.3. The maximum Gasteiger partial charge on any atom is 0.268 e. The molecule has 0 aliphatic heterocycles.